The van der Waals surface area contributed by atoms with Crippen molar-refractivity contribution in [3.63, 3.8) is 0 Å². The predicted octanol–water partition coefficient (Wildman–Crippen LogP) is 0.808. The van der Waals surface area contributed by atoms with Gasteiger partial charge in [-0.1, -0.05) is 0 Å². The molecular formula is C10H17N3. The van der Waals surface area contributed by atoms with Gasteiger partial charge in [0.2, 0.25) is 0 Å². The van der Waals surface area contributed by atoms with Crippen LogP contribution in [-0.2, 0) is 6.54 Å². The van der Waals surface area contributed by atoms with Crippen molar-refractivity contribution in [2.45, 2.75) is 19.0 Å². The summed E-state index contributed by atoms with van der Waals surface area (Å²) in [6.45, 7) is 3.33. The fraction of sp³-hybridized carbons (Fsp3) is 0.600. The van der Waals surface area contributed by atoms with Crippen molar-refractivity contribution in [2.75, 3.05) is 20.1 Å². The van der Waals surface area contributed by atoms with Gasteiger partial charge in [0.05, 0.1) is 0 Å². The lowest BCUT2D eigenvalue weighted by Crippen LogP contribution is -2.32. The first-order valence-corrected chi connectivity index (χ1v) is 4.89. The Morgan fingerprint density at radius 3 is 3.15 bits per heavy atom. The van der Waals surface area contributed by atoms with Crippen LogP contribution in [0.2, 0.25) is 0 Å². The zero-order chi connectivity index (χ0) is 9.10. The Morgan fingerprint density at radius 1 is 1.62 bits per heavy atom. The van der Waals surface area contributed by atoms with E-state index in [0.29, 0.717) is 6.04 Å². The fourth-order valence-electron chi connectivity index (χ4n) is 1.88. The van der Waals surface area contributed by atoms with Gasteiger partial charge in [0, 0.05) is 31.0 Å². The largest absolute Gasteiger partial charge is 0.364 e. The summed E-state index contributed by atoms with van der Waals surface area (Å²) >= 11 is 0. The second kappa shape index (κ2) is 3.94. The van der Waals surface area contributed by atoms with Gasteiger partial charge in [0.15, 0.2) is 0 Å². The van der Waals surface area contributed by atoms with Crippen molar-refractivity contribution in [3.8, 4) is 0 Å². The minimum Gasteiger partial charge on any atom is -0.364 e. The molecule has 0 radical (unpaired) electrons. The molecule has 1 fully saturated rings. The monoisotopic (exact) mass is 179 g/mol. The Hall–Kier alpha value is -0.800. The summed E-state index contributed by atoms with van der Waals surface area (Å²) in [5, 5.41) is 3.38. The Balaban J connectivity index is 1.87. The molecule has 1 aromatic heterocycles. The van der Waals surface area contributed by atoms with Gasteiger partial charge >= 0.3 is 0 Å². The molecule has 0 bridgehead atoms. The van der Waals surface area contributed by atoms with E-state index in [0.717, 1.165) is 13.1 Å². The molecule has 0 aliphatic carbocycles. The second-order valence-electron chi connectivity index (χ2n) is 3.76. The van der Waals surface area contributed by atoms with Crippen molar-refractivity contribution >= 4 is 0 Å². The molecule has 1 aliphatic heterocycles. The topological polar surface area (TPSA) is 31.1 Å². The molecule has 1 aliphatic rings. The van der Waals surface area contributed by atoms with Crippen molar-refractivity contribution in [3.05, 3.63) is 24.0 Å². The smallest absolute Gasteiger partial charge is 0.0385 e. The summed E-state index contributed by atoms with van der Waals surface area (Å²) in [6.07, 6.45) is 3.26. The average Bonchev–Trinajstić information content (AvgIpc) is 2.74. The van der Waals surface area contributed by atoms with E-state index in [1.807, 2.05) is 6.20 Å². The standard InChI is InChI=1S/C10H17N3/c1-13(10-4-6-11-7-10)8-9-3-2-5-12-9/h2-3,5,10-12H,4,6-8H2,1H3. The van der Waals surface area contributed by atoms with Crippen LogP contribution in [0.3, 0.4) is 0 Å². The summed E-state index contributed by atoms with van der Waals surface area (Å²) in [4.78, 5) is 5.64. The lowest BCUT2D eigenvalue weighted by molar-refractivity contribution is 0.246. The molecule has 0 spiro atoms. The number of aromatic nitrogens is 1. The normalized spacial score (nSPS) is 22.8. The molecule has 1 aromatic rings. The maximum absolute atomic E-state index is 3.38. The van der Waals surface area contributed by atoms with Crippen LogP contribution in [0.25, 0.3) is 0 Å². The first-order valence-electron chi connectivity index (χ1n) is 4.89. The highest BCUT2D eigenvalue weighted by molar-refractivity contribution is 5.03. The number of hydrogen-bond donors (Lipinski definition) is 2. The van der Waals surface area contributed by atoms with Gasteiger partial charge in [-0.05, 0) is 32.1 Å². The summed E-state index contributed by atoms with van der Waals surface area (Å²) in [5.74, 6) is 0. The van der Waals surface area contributed by atoms with E-state index < -0.39 is 0 Å². The number of nitrogens with one attached hydrogen (secondary N) is 2. The van der Waals surface area contributed by atoms with Gasteiger partial charge in [0.25, 0.3) is 0 Å². The quantitative estimate of drug-likeness (QED) is 0.719. The third-order valence-electron chi connectivity index (χ3n) is 2.74. The van der Waals surface area contributed by atoms with Crippen LogP contribution < -0.4 is 5.32 Å². The van der Waals surface area contributed by atoms with E-state index in [2.05, 4.69) is 34.4 Å². The lowest BCUT2D eigenvalue weighted by atomic mass is 10.2. The van der Waals surface area contributed by atoms with Crippen LogP contribution in [0, 0.1) is 0 Å². The number of nitrogens with zero attached hydrogens (tertiary/aromatic N) is 1. The van der Waals surface area contributed by atoms with Crippen molar-refractivity contribution in [2.24, 2.45) is 0 Å². The predicted molar refractivity (Wildman–Crippen MR) is 53.5 cm³/mol. The molecule has 13 heavy (non-hydrogen) atoms. The van der Waals surface area contributed by atoms with E-state index in [4.69, 9.17) is 0 Å². The molecule has 0 saturated carbocycles. The molecule has 2 N–H and O–H groups in total. The highest BCUT2D eigenvalue weighted by Crippen LogP contribution is 2.09. The molecule has 1 unspecified atom stereocenters. The van der Waals surface area contributed by atoms with Crippen LogP contribution in [0.5, 0.6) is 0 Å². The van der Waals surface area contributed by atoms with Crippen LogP contribution in [0.4, 0.5) is 0 Å². The van der Waals surface area contributed by atoms with E-state index in [9.17, 15) is 0 Å². The van der Waals surface area contributed by atoms with Gasteiger partial charge in [-0.2, -0.15) is 0 Å². The Kier molecular flexibility index (Phi) is 2.66. The average molecular weight is 179 g/mol. The molecule has 0 aromatic carbocycles. The molecule has 72 valence electrons. The highest BCUT2D eigenvalue weighted by Gasteiger charge is 2.18. The van der Waals surface area contributed by atoms with Gasteiger partial charge < -0.3 is 10.3 Å². The second-order valence-corrected chi connectivity index (χ2v) is 3.76. The first-order chi connectivity index (χ1) is 6.36. The Morgan fingerprint density at radius 2 is 2.54 bits per heavy atom. The van der Waals surface area contributed by atoms with Gasteiger partial charge in [-0.3, -0.25) is 4.90 Å². The Bertz CT molecular complexity index is 237. The molecule has 3 heteroatoms. The molecule has 2 rings (SSSR count). The number of H-pyrrole nitrogens is 1. The summed E-state index contributed by atoms with van der Waals surface area (Å²) in [5.41, 5.74) is 1.30. The number of likely N-dealkylation sites (N-methyl/N-ethyl adjacent to an activating group) is 1. The molecule has 2 heterocycles. The molecule has 1 saturated heterocycles. The summed E-state index contributed by atoms with van der Waals surface area (Å²) in [7, 11) is 2.19. The lowest BCUT2D eigenvalue weighted by Gasteiger charge is -2.22. The maximum atomic E-state index is 3.38. The molecule has 0 amide bonds. The minimum atomic E-state index is 0.711. The first kappa shape index (κ1) is 8.78. The molecule has 1 atom stereocenters. The minimum absolute atomic E-state index is 0.711. The van der Waals surface area contributed by atoms with E-state index in [1.54, 1.807) is 0 Å². The highest BCUT2D eigenvalue weighted by atomic mass is 15.2. The van der Waals surface area contributed by atoms with Crippen LogP contribution in [0.15, 0.2) is 18.3 Å². The van der Waals surface area contributed by atoms with E-state index >= 15 is 0 Å². The van der Waals surface area contributed by atoms with Crippen LogP contribution in [-0.4, -0.2) is 36.1 Å². The number of rotatable bonds is 3. The SMILES string of the molecule is CN(Cc1ccc[nH]1)C1CCNC1. The third-order valence-corrected chi connectivity index (χ3v) is 2.74. The van der Waals surface area contributed by atoms with Crippen molar-refractivity contribution in [1.82, 2.24) is 15.2 Å². The zero-order valence-corrected chi connectivity index (χ0v) is 8.09. The van der Waals surface area contributed by atoms with Gasteiger partial charge in [-0.15, -0.1) is 0 Å². The summed E-state index contributed by atoms with van der Waals surface area (Å²) in [6, 6.07) is 4.90. The number of aromatic amines is 1. The van der Waals surface area contributed by atoms with Crippen LogP contribution in [0.1, 0.15) is 12.1 Å². The van der Waals surface area contributed by atoms with Gasteiger partial charge in [0.1, 0.15) is 0 Å². The zero-order valence-electron chi connectivity index (χ0n) is 8.09. The van der Waals surface area contributed by atoms with Gasteiger partial charge in [-0.25, -0.2) is 0 Å². The molecule has 3 nitrogen and oxygen atoms in total. The maximum Gasteiger partial charge on any atom is 0.0385 e. The van der Waals surface area contributed by atoms with E-state index in [-0.39, 0.29) is 0 Å². The fourth-order valence-corrected chi connectivity index (χ4v) is 1.88. The van der Waals surface area contributed by atoms with Crippen LogP contribution >= 0.6 is 0 Å². The Labute approximate surface area is 79.1 Å². The number of hydrogen-bond acceptors (Lipinski definition) is 2. The third kappa shape index (κ3) is 2.11. The summed E-state index contributed by atoms with van der Waals surface area (Å²) < 4.78 is 0. The van der Waals surface area contributed by atoms with Crippen molar-refractivity contribution in [1.29, 1.82) is 0 Å². The van der Waals surface area contributed by atoms with Crippen molar-refractivity contribution < 1.29 is 0 Å². The van der Waals surface area contributed by atoms with E-state index in [1.165, 1.54) is 18.7 Å². The molecular weight excluding hydrogens is 162 g/mol.